The molecule has 1 aromatic rings. The third-order valence-corrected chi connectivity index (χ3v) is 2.96. The van der Waals surface area contributed by atoms with Crippen molar-refractivity contribution in [2.75, 3.05) is 6.61 Å². The van der Waals surface area contributed by atoms with Gasteiger partial charge in [-0.15, -0.1) is 0 Å². The summed E-state index contributed by atoms with van der Waals surface area (Å²) >= 11 is 0. The average molecular weight is 278 g/mol. The molecule has 0 spiro atoms. The predicted octanol–water partition coefficient (Wildman–Crippen LogP) is 2.26. The molecule has 0 saturated heterocycles. The third-order valence-electron chi connectivity index (χ3n) is 2.96. The number of carbonyl (C=O) groups is 1. The first-order chi connectivity index (χ1) is 9.51. The van der Waals surface area contributed by atoms with Crippen LogP contribution in [0.5, 0.6) is 5.75 Å². The molecule has 20 heavy (non-hydrogen) atoms. The van der Waals surface area contributed by atoms with Crippen molar-refractivity contribution in [1.29, 1.82) is 0 Å². The Kier molecular flexibility index (Phi) is 7.09. The Morgan fingerprint density at radius 1 is 1.40 bits per heavy atom. The van der Waals surface area contributed by atoms with E-state index >= 15 is 0 Å². The van der Waals surface area contributed by atoms with Crippen LogP contribution in [0.4, 0.5) is 0 Å². The molecule has 0 bridgehead atoms. The van der Waals surface area contributed by atoms with Crippen molar-refractivity contribution in [2.45, 2.75) is 52.1 Å². The van der Waals surface area contributed by atoms with Gasteiger partial charge in [-0.2, -0.15) is 0 Å². The van der Waals surface area contributed by atoms with Crippen LogP contribution in [0.3, 0.4) is 0 Å². The lowest BCUT2D eigenvalue weighted by atomic mass is 10.1. The molecular formula is C16H26N2O2. The van der Waals surface area contributed by atoms with Gasteiger partial charge in [0.2, 0.25) is 0 Å². The normalized spacial score (nSPS) is 13.6. The van der Waals surface area contributed by atoms with E-state index in [0.29, 0.717) is 5.75 Å². The van der Waals surface area contributed by atoms with E-state index in [1.54, 1.807) is 0 Å². The number of hydrogen-bond donors (Lipinski definition) is 2. The monoisotopic (exact) mass is 278 g/mol. The minimum absolute atomic E-state index is 0.0513. The summed E-state index contributed by atoms with van der Waals surface area (Å²) in [5, 5.41) is 2.91. The van der Waals surface area contributed by atoms with Gasteiger partial charge in [0.05, 0.1) is 0 Å². The van der Waals surface area contributed by atoms with Crippen LogP contribution in [0.1, 0.15) is 39.2 Å². The summed E-state index contributed by atoms with van der Waals surface area (Å²) < 4.78 is 5.52. The third kappa shape index (κ3) is 6.57. The number of rotatable bonds is 8. The maximum Gasteiger partial charge on any atom is 0.258 e. The number of amides is 1. The zero-order chi connectivity index (χ0) is 15.0. The molecule has 1 rings (SSSR count). The summed E-state index contributed by atoms with van der Waals surface area (Å²) in [6.07, 6.45) is 2.84. The van der Waals surface area contributed by atoms with E-state index in [4.69, 9.17) is 10.5 Å². The summed E-state index contributed by atoms with van der Waals surface area (Å²) in [4.78, 5) is 11.7. The highest BCUT2D eigenvalue weighted by Gasteiger charge is 2.07. The molecule has 0 aliphatic heterocycles. The van der Waals surface area contributed by atoms with Crippen LogP contribution in [-0.2, 0) is 11.2 Å². The second-order valence-electron chi connectivity index (χ2n) is 5.37. The molecule has 4 nitrogen and oxygen atoms in total. The molecule has 3 N–H and O–H groups in total. The molecule has 4 heteroatoms. The van der Waals surface area contributed by atoms with Crippen LogP contribution >= 0.6 is 0 Å². The smallest absolute Gasteiger partial charge is 0.258 e. The number of ether oxygens (including phenoxy) is 1. The first-order valence-electron chi connectivity index (χ1n) is 7.28. The lowest BCUT2D eigenvalue weighted by molar-refractivity contribution is -0.123. The topological polar surface area (TPSA) is 64.3 Å². The van der Waals surface area contributed by atoms with Gasteiger partial charge in [-0.25, -0.2) is 0 Å². The quantitative estimate of drug-likeness (QED) is 0.766. The van der Waals surface area contributed by atoms with Crippen molar-refractivity contribution >= 4 is 5.91 Å². The maximum absolute atomic E-state index is 11.7. The van der Waals surface area contributed by atoms with E-state index in [1.807, 2.05) is 38.1 Å². The van der Waals surface area contributed by atoms with E-state index in [-0.39, 0.29) is 24.6 Å². The van der Waals surface area contributed by atoms with Crippen molar-refractivity contribution in [1.82, 2.24) is 5.32 Å². The lowest BCUT2D eigenvalue weighted by Gasteiger charge is -2.13. The number of nitrogens with one attached hydrogen (secondary N) is 1. The highest BCUT2D eigenvalue weighted by atomic mass is 16.5. The van der Waals surface area contributed by atoms with Crippen LogP contribution in [0.25, 0.3) is 0 Å². The predicted molar refractivity (Wildman–Crippen MR) is 81.8 cm³/mol. The molecule has 1 amide bonds. The van der Waals surface area contributed by atoms with Crippen LogP contribution in [0, 0.1) is 0 Å². The fourth-order valence-corrected chi connectivity index (χ4v) is 2.10. The Morgan fingerprint density at radius 2 is 2.15 bits per heavy atom. The van der Waals surface area contributed by atoms with Gasteiger partial charge in [0, 0.05) is 12.1 Å². The molecule has 0 saturated carbocycles. The number of carbonyl (C=O) groups excluding carboxylic acids is 1. The van der Waals surface area contributed by atoms with Crippen LogP contribution in [0.15, 0.2) is 24.3 Å². The van der Waals surface area contributed by atoms with Gasteiger partial charge in [-0.1, -0.05) is 25.5 Å². The Labute approximate surface area is 121 Å². The number of nitrogens with two attached hydrogens (primary N) is 1. The second-order valence-corrected chi connectivity index (χ2v) is 5.37. The Balaban J connectivity index is 2.43. The van der Waals surface area contributed by atoms with Crippen LogP contribution in [0.2, 0.25) is 0 Å². The molecular weight excluding hydrogens is 252 g/mol. The molecule has 0 aromatic heterocycles. The highest BCUT2D eigenvalue weighted by Crippen LogP contribution is 2.14. The molecule has 112 valence electrons. The largest absolute Gasteiger partial charge is 0.484 e. The van der Waals surface area contributed by atoms with Crippen molar-refractivity contribution in [2.24, 2.45) is 5.73 Å². The van der Waals surface area contributed by atoms with Crippen molar-refractivity contribution in [3.8, 4) is 5.75 Å². The zero-order valence-corrected chi connectivity index (χ0v) is 12.7. The summed E-state index contributed by atoms with van der Waals surface area (Å²) in [5.74, 6) is 0.630. The van der Waals surface area contributed by atoms with Gasteiger partial charge >= 0.3 is 0 Å². The minimum atomic E-state index is -0.0801. The van der Waals surface area contributed by atoms with E-state index in [1.165, 1.54) is 0 Å². The van der Waals surface area contributed by atoms with Gasteiger partial charge < -0.3 is 15.8 Å². The molecule has 0 fully saturated rings. The summed E-state index contributed by atoms with van der Waals surface area (Å²) in [7, 11) is 0. The van der Waals surface area contributed by atoms with Crippen molar-refractivity contribution < 1.29 is 9.53 Å². The molecule has 0 aliphatic rings. The SMILES string of the molecule is CCCC(C)NC(=O)COc1cccc(CC(C)N)c1. The molecule has 0 aliphatic carbocycles. The van der Waals surface area contributed by atoms with Gasteiger partial charge in [-0.3, -0.25) is 4.79 Å². The van der Waals surface area contributed by atoms with E-state index in [2.05, 4.69) is 12.2 Å². The Hall–Kier alpha value is -1.55. The van der Waals surface area contributed by atoms with Gasteiger partial charge in [-0.05, 0) is 44.4 Å². The Morgan fingerprint density at radius 3 is 2.80 bits per heavy atom. The van der Waals surface area contributed by atoms with Crippen molar-refractivity contribution in [3.63, 3.8) is 0 Å². The zero-order valence-electron chi connectivity index (χ0n) is 12.7. The minimum Gasteiger partial charge on any atom is -0.484 e. The Bertz CT molecular complexity index is 419. The molecule has 2 unspecified atom stereocenters. The summed E-state index contributed by atoms with van der Waals surface area (Å²) in [6, 6.07) is 8.04. The molecule has 2 atom stereocenters. The molecule has 0 heterocycles. The van der Waals surface area contributed by atoms with Crippen molar-refractivity contribution in [3.05, 3.63) is 29.8 Å². The van der Waals surface area contributed by atoms with E-state index < -0.39 is 0 Å². The fraction of sp³-hybridized carbons (Fsp3) is 0.562. The number of benzene rings is 1. The first kappa shape index (κ1) is 16.5. The van der Waals surface area contributed by atoms with Gasteiger partial charge in [0.1, 0.15) is 5.75 Å². The second kappa shape index (κ2) is 8.59. The van der Waals surface area contributed by atoms with Gasteiger partial charge in [0.25, 0.3) is 5.91 Å². The average Bonchev–Trinajstić information content (AvgIpc) is 2.36. The summed E-state index contributed by atoms with van der Waals surface area (Å²) in [6.45, 7) is 6.12. The molecule has 0 radical (unpaired) electrons. The van der Waals surface area contributed by atoms with E-state index in [0.717, 1.165) is 24.8 Å². The number of hydrogen-bond acceptors (Lipinski definition) is 3. The van der Waals surface area contributed by atoms with Crippen LogP contribution in [-0.4, -0.2) is 24.6 Å². The molecule has 1 aromatic carbocycles. The first-order valence-corrected chi connectivity index (χ1v) is 7.28. The summed E-state index contributed by atoms with van der Waals surface area (Å²) in [5.41, 5.74) is 6.90. The maximum atomic E-state index is 11.7. The highest BCUT2D eigenvalue weighted by molar-refractivity contribution is 5.77. The van der Waals surface area contributed by atoms with Crippen LogP contribution < -0.4 is 15.8 Å². The lowest BCUT2D eigenvalue weighted by Crippen LogP contribution is -2.35. The van der Waals surface area contributed by atoms with Gasteiger partial charge in [0.15, 0.2) is 6.61 Å². The standard InChI is InChI=1S/C16H26N2O2/c1-4-6-13(3)18-16(19)11-20-15-8-5-7-14(10-15)9-12(2)17/h5,7-8,10,12-13H,4,6,9,11,17H2,1-3H3,(H,18,19). The van der Waals surface area contributed by atoms with E-state index in [9.17, 15) is 4.79 Å². The fourth-order valence-electron chi connectivity index (χ4n) is 2.10.